The first-order valence-corrected chi connectivity index (χ1v) is 5.95. The Morgan fingerprint density at radius 3 is 3.17 bits per heavy atom. The van der Waals surface area contributed by atoms with Crippen LogP contribution in [0.15, 0.2) is 30.1 Å². The quantitative estimate of drug-likeness (QED) is 0.914. The van der Waals surface area contributed by atoms with Crippen molar-refractivity contribution in [3.8, 4) is 5.75 Å². The fourth-order valence-corrected chi connectivity index (χ4v) is 2.31. The summed E-state index contributed by atoms with van der Waals surface area (Å²) in [5.41, 5.74) is 2.47. The molecule has 0 saturated heterocycles. The van der Waals surface area contributed by atoms with E-state index in [4.69, 9.17) is 14.7 Å². The van der Waals surface area contributed by atoms with Gasteiger partial charge in [0.1, 0.15) is 11.8 Å². The summed E-state index contributed by atoms with van der Waals surface area (Å²) in [5, 5.41) is 10.5. The average molecular weight is 264 g/mol. The standard InChI is InChI=1S/C11H8N2O4S/c14-11(15)7-3-8(17-13-1-2-16-6-13)10-9(4-7)18-5-12-10/h1-5H,6H2,(H,14,15). The van der Waals surface area contributed by atoms with E-state index in [2.05, 4.69) is 4.98 Å². The van der Waals surface area contributed by atoms with Crippen molar-refractivity contribution in [2.24, 2.45) is 0 Å². The van der Waals surface area contributed by atoms with Crippen molar-refractivity contribution in [1.29, 1.82) is 0 Å². The molecule has 2 aromatic rings. The number of nitrogens with zero attached hydrogens (tertiary/aromatic N) is 2. The predicted octanol–water partition coefficient (Wildman–Crippen LogP) is 2.05. The fourth-order valence-electron chi connectivity index (χ4n) is 1.58. The van der Waals surface area contributed by atoms with Crippen molar-refractivity contribution in [3.05, 3.63) is 35.7 Å². The minimum absolute atomic E-state index is 0.172. The molecule has 1 aliphatic heterocycles. The maximum Gasteiger partial charge on any atom is 0.335 e. The van der Waals surface area contributed by atoms with Crippen molar-refractivity contribution in [1.82, 2.24) is 10.0 Å². The van der Waals surface area contributed by atoms with Gasteiger partial charge < -0.3 is 14.7 Å². The van der Waals surface area contributed by atoms with Crippen molar-refractivity contribution in [2.45, 2.75) is 0 Å². The average Bonchev–Trinajstić information content (AvgIpc) is 2.98. The van der Waals surface area contributed by atoms with Crippen LogP contribution in [-0.4, -0.2) is 27.9 Å². The normalized spacial score (nSPS) is 13.9. The summed E-state index contributed by atoms with van der Waals surface area (Å²) in [6.45, 7) is 0.267. The Balaban J connectivity index is 2.04. The highest BCUT2D eigenvalue weighted by Crippen LogP contribution is 2.30. The smallest absolute Gasteiger partial charge is 0.335 e. The van der Waals surface area contributed by atoms with Crippen molar-refractivity contribution >= 4 is 27.5 Å². The number of aromatic carboxylic acids is 1. The Kier molecular flexibility index (Phi) is 2.52. The molecule has 92 valence electrons. The highest BCUT2D eigenvalue weighted by Gasteiger charge is 2.15. The molecule has 1 aromatic carbocycles. The number of hydroxylamine groups is 2. The van der Waals surface area contributed by atoms with Gasteiger partial charge in [0.2, 0.25) is 0 Å². The van der Waals surface area contributed by atoms with Crippen LogP contribution < -0.4 is 4.84 Å². The Morgan fingerprint density at radius 1 is 1.56 bits per heavy atom. The Labute approximate surface area is 106 Å². The van der Waals surface area contributed by atoms with E-state index < -0.39 is 5.97 Å². The van der Waals surface area contributed by atoms with Gasteiger partial charge >= 0.3 is 5.97 Å². The molecular weight excluding hydrogens is 256 g/mol. The van der Waals surface area contributed by atoms with E-state index in [0.29, 0.717) is 11.3 Å². The molecule has 18 heavy (non-hydrogen) atoms. The van der Waals surface area contributed by atoms with E-state index >= 15 is 0 Å². The van der Waals surface area contributed by atoms with Gasteiger partial charge in [-0.05, 0) is 6.07 Å². The number of carbonyl (C=O) groups is 1. The highest BCUT2D eigenvalue weighted by molar-refractivity contribution is 7.16. The van der Waals surface area contributed by atoms with Gasteiger partial charge in [-0.25, -0.2) is 9.78 Å². The van der Waals surface area contributed by atoms with Gasteiger partial charge in [0.25, 0.3) is 0 Å². The number of thiazole rings is 1. The lowest BCUT2D eigenvalue weighted by molar-refractivity contribution is -0.0487. The predicted molar refractivity (Wildman–Crippen MR) is 64.1 cm³/mol. The summed E-state index contributed by atoms with van der Waals surface area (Å²) in [6, 6.07) is 3.04. The second kappa shape index (κ2) is 4.19. The van der Waals surface area contributed by atoms with Crippen LogP contribution in [0.4, 0.5) is 0 Å². The SMILES string of the molecule is O=C(O)c1cc(ON2C=COC2)c2ncsc2c1. The molecule has 2 heterocycles. The zero-order valence-corrected chi connectivity index (χ0v) is 9.88. The summed E-state index contributed by atoms with van der Waals surface area (Å²) in [4.78, 5) is 20.7. The molecule has 1 N–H and O–H groups in total. The van der Waals surface area contributed by atoms with Crippen molar-refractivity contribution in [3.63, 3.8) is 0 Å². The molecule has 7 heteroatoms. The topological polar surface area (TPSA) is 71.9 Å². The number of aromatic nitrogens is 1. The van der Waals surface area contributed by atoms with Crippen molar-refractivity contribution < 1.29 is 19.5 Å². The molecular formula is C11H8N2O4S. The van der Waals surface area contributed by atoms with Crippen LogP contribution in [0.25, 0.3) is 10.2 Å². The van der Waals surface area contributed by atoms with E-state index in [1.165, 1.54) is 28.7 Å². The summed E-state index contributed by atoms with van der Waals surface area (Å²) in [6.07, 6.45) is 3.12. The van der Waals surface area contributed by atoms with E-state index in [-0.39, 0.29) is 12.3 Å². The molecule has 0 amide bonds. The maximum atomic E-state index is 11.0. The molecule has 0 atom stereocenters. The zero-order chi connectivity index (χ0) is 12.5. The second-order valence-corrected chi connectivity index (χ2v) is 4.45. The molecule has 0 radical (unpaired) electrons. The zero-order valence-electron chi connectivity index (χ0n) is 9.07. The fraction of sp³-hybridized carbons (Fsp3) is 0.0909. The first-order chi connectivity index (χ1) is 8.74. The Morgan fingerprint density at radius 2 is 2.44 bits per heavy atom. The van der Waals surface area contributed by atoms with Gasteiger partial charge in [-0.3, -0.25) is 0 Å². The minimum atomic E-state index is -0.997. The lowest BCUT2D eigenvalue weighted by Crippen LogP contribution is -2.19. The molecule has 6 nitrogen and oxygen atoms in total. The molecule has 0 saturated carbocycles. The van der Waals surface area contributed by atoms with Crippen LogP contribution in [0.2, 0.25) is 0 Å². The van der Waals surface area contributed by atoms with Crippen LogP contribution in [-0.2, 0) is 4.74 Å². The van der Waals surface area contributed by atoms with Gasteiger partial charge in [0, 0.05) is 6.07 Å². The van der Waals surface area contributed by atoms with E-state index in [9.17, 15) is 4.79 Å². The Hall–Kier alpha value is -2.28. The monoisotopic (exact) mass is 264 g/mol. The number of fused-ring (bicyclic) bond motifs is 1. The number of hydrogen-bond acceptors (Lipinski definition) is 6. The van der Waals surface area contributed by atoms with Gasteiger partial charge in [0.05, 0.1) is 22.0 Å². The molecule has 0 bridgehead atoms. The summed E-state index contributed by atoms with van der Waals surface area (Å²) >= 11 is 1.37. The van der Waals surface area contributed by atoms with Crippen LogP contribution in [0.3, 0.4) is 0 Å². The Bertz CT molecular complexity index is 637. The lowest BCUT2D eigenvalue weighted by atomic mass is 10.2. The summed E-state index contributed by atoms with van der Waals surface area (Å²) < 4.78 is 5.76. The molecule has 1 aliphatic rings. The molecule has 0 spiro atoms. The van der Waals surface area contributed by atoms with E-state index in [0.717, 1.165) is 4.70 Å². The number of benzene rings is 1. The van der Waals surface area contributed by atoms with Crippen LogP contribution in [0.5, 0.6) is 5.75 Å². The van der Waals surface area contributed by atoms with Gasteiger partial charge in [0.15, 0.2) is 12.5 Å². The highest BCUT2D eigenvalue weighted by atomic mass is 32.1. The van der Waals surface area contributed by atoms with Crippen LogP contribution >= 0.6 is 11.3 Å². The number of ether oxygens (including phenoxy) is 1. The van der Waals surface area contributed by atoms with Crippen molar-refractivity contribution in [2.75, 3.05) is 6.73 Å². The summed E-state index contributed by atoms with van der Waals surface area (Å²) in [7, 11) is 0. The summed E-state index contributed by atoms with van der Waals surface area (Å²) in [5.74, 6) is -0.593. The molecule has 0 fully saturated rings. The second-order valence-electron chi connectivity index (χ2n) is 3.57. The number of rotatable bonds is 3. The first kappa shape index (κ1) is 10.8. The maximum absolute atomic E-state index is 11.0. The number of carboxylic acid groups (broad SMARTS) is 1. The van der Waals surface area contributed by atoms with Gasteiger partial charge in [-0.15, -0.1) is 11.3 Å². The van der Waals surface area contributed by atoms with E-state index in [1.807, 2.05) is 0 Å². The number of carboxylic acids is 1. The van der Waals surface area contributed by atoms with E-state index in [1.54, 1.807) is 17.8 Å². The van der Waals surface area contributed by atoms with Crippen LogP contribution in [0, 0.1) is 0 Å². The van der Waals surface area contributed by atoms with Gasteiger partial charge in [-0.1, -0.05) is 0 Å². The number of hydrogen-bond donors (Lipinski definition) is 1. The molecule has 1 aromatic heterocycles. The third kappa shape index (κ3) is 1.84. The first-order valence-electron chi connectivity index (χ1n) is 5.07. The molecule has 0 unspecified atom stereocenters. The van der Waals surface area contributed by atoms with Gasteiger partial charge in [-0.2, -0.15) is 5.06 Å². The minimum Gasteiger partial charge on any atom is -0.478 e. The molecule has 0 aliphatic carbocycles. The third-order valence-electron chi connectivity index (χ3n) is 2.39. The molecule has 3 rings (SSSR count). The van der Waals surface area contributed by atoms with Crippen LogP contribution in [0.1, 0.15) is 10.4 Å². The lowest BCUT2D eigenvalue weighted by Gasteiger charge is -2.15. The largest absolute Gasteiger partial charge is 0.478 e. The third-order valence-corrected chi connectivity index (χ3v) is 3.17.